The van der Waals surface area contributed by atoms with Crippen molar-refractivity contribution in [1.29, 1.82) is 0 Å². The summed E-state index contributed by atoms with van der Waals surface area (Å²) in [7, 11) is 3.85. The van der Waals surface area contributed by atoms with Gasteiger partial charge in [0.1, 0.15) is 5.82 Å². The van der Waals surface area contributed by atoms with Gasteiger partial charge in [0.15, 0.2) is 0 Å². The Morgan fingerprint density at radius 2 is 2.07 bits per heavy atom. The highest BCUT2D eigenvalue weighted by Crippen LogP contribution is 2.12. The predicted octanol–water partition coefficient (Wildman–Crippen LogP) is 2.39. The van der Waals surface area contributed by atoms with Gasteiger partial charge in [-0.1, -0.05) is 23.4 Å². The second-order valence-corrected chi connectivity index (χ2v) is 3.63. The Kier molecular flexibility index (Phi) is 3.94. The van der Waals surface area contributed by atoms with Crippen molar-refractivity contribution in [3.8, 4) is 11.8 Å². The maximum absolute atomic E-state index is 12.9. The first-order valence-electron chi connectivity index (χ1n) is 4.17. The average molecular weight is 212 g/mol. The average Bonchev–Trinajstić information content (AvgIpc) is 2.01. The fourth-order valence-corrected chi connectivity index (χ4v) is 1.15. The predicted molar refractivity (Wildman–Crippen MR) is 56.8 cm³/mol. The van der Waals surface area contributed by atoms with Crippen molar-refractivity contribution < 1.29 is 4.39 Å². The van der Waals surface area contributed by atoms with E-state index in [0.29, 0.717) is 17.1 Å². The molecule has 1 aromatic rings. The zero-order valence-corrected chi connectivity index (χ0v) is 8.90. The Hall–Kier alpha value is -1.04. The van der Waals surface area contributed by atoms with Gasteiger partial charge < -0.3 is 0 Å². The van der Waals surface area contributed by atoms with Gasteiger partial charge in [0, 0.05) is 10.6 Å². The molecule has 0 aliphatic rings. The Labute approximate surface area is 88.5 Å². The van der Waals surface area contributed by atoms with Crippen LogP contribution in [-0.4, -0.2) is 25.5 Å². The van der Waals surface area contributed by atoms with Crippen molar-refractivity contribution in [3.05, 3.63) is 34.6 Å². The van der Waals surface area contributed by atoms with E-state index in [0.717, 1.165) is 0 Å². The Morgan fingerprint density at radius 1 is 1.36 bits per heavy atom. The molecule has 0 amide bonds. The van der Waals surface area contributed by atoms with Crippen LogP contribution in [0, 0.1) is 17.7 Å². The summed E-state index contributed by atoms with van der Waals surface area (Å²) in [6.07, 6.45) is 0. The van der Waals surface area contributed by atoms with E-state index in [1.165, 1.54) is 12.1 Å². The second-order valence-electron chi connectivity index (χ2n) is 3.20. The molecule has 1 aromatic carbocycles. The maximum atomic E-state index is 12.9. The van der Waals surface area contributed by atoms with Gasteiger partial charge in [-0.25, -0.2) is 4.39 Å². The third kappa shape index (κ3) is 3.78. The Bertz CT molecular complexity index is 356. The summed E-state index contributed by atoms with van der Waals surface area (Å²) >= 11 is 5.67. The first-order valence-corrected chi connectivity index (χ1v) is 4.55. The minimum Gasteiger partial charge on any atom is -0.299 e. The van der Waals surface area contributed by atoms with E-state index in [9.17, 15) is 4.39 Å². The standard InChI is InChI=1S/C11H11ClFN/c1-14(2)5-3-4-9-6-10(12)8-11(13)7-9/h6-8H,5H2,1-2H3. The number of benzene rings is 1. The quantitative estimate of drug-likeness (QED) is 0.645. The zero-order chi connectivity index (χ0) is 10.6. The topological polar surface area (TPSA) is 3.24 Å². The molecule has 0 heterocycles. The fourth-order valence-electron chi connectivity index (χ4n) is 0.926. The molecule has 14 heavy (non-hydrogen) atoms. The van der Waals surface area contributed by atoms with E-state index in [2.05, 4.69) is 11.8 Å². The van der Waals surface area contributed by atoms with E-state index in [-0.39, 0.29) is 5.82 Å². The molecule has 0 bridgehead atoms. The highest BCUT2D eigenvalue weighted by atomic mass is 35.5. The van der Waals surface area contributed by atoms with Crippen molar-refractivity contribution in [3.63, 3.8) is 0 Å². The SMILES string of the molecule is CN(C)CC#Cc1cc(F)cc(Cl)c1. The van der Waals surface area contributed by atoms with Crippen LogP contribution in [0.1, 0.15) is 5.56 Å². The van der Waals surface area contributed by atoms with E-state index in [4.69, 9.17) is 11.6 Å². The molecule has 0 radical (unpaired) electrons. The molecule has 0 aliphatic carbocycles. The van der Waals surface area contributed by atoms with Gasteiger partial charge in [-0.15, -0.1) is 0 Å². The molecule has 74 valence electrons. The van der Waals surface area contributed by atoms with Gasteiger partial charge in [-0.2, -0.15) is 0 Å². The molecule has 0 saturated carbocycles. The molecule has 1 rings (SSSR count). The molecular weight excluding hydrogens is 201 g/mol. The van der Waals surface area contributed by atoms with E-state index >= 15 is 0 Å². The van der Waals surface area contributed by atoms with Crippen LogP contribution in [0.25, 0.3) is 0 Å². The molecular formula is C11H11ClFN. The van der Waals surface area contributed by atoms with Crippen molar-refractivity contribution >= 4 is 11.6 Å². The Morgan fingerprint density at radius 3 is 2.64 bits per heavy atom. The summed E-state index contributed by atoms with van der Waals surface area (Å²) in [5.74, 6) is 5.39. The number of halogens is 2. The summed E-state index contributed by atoms with van der Waals surface area (Å²) in [6, 6.07) is 4.28. The minimum atomic E-state index is -0.355. The molecule has 0 aromatic heterocycles. The van der Waals surface area contributed by atoms with Gasteiger partial charge in [-0.05, 0) is 32.3 Å². The molecule has 1 nitrogen and oxygen atoms in total. The molecule has 0 atom stereocenters. The largest absolute Gasteiger partial charge is 0.299 e. The highest BCUT2D eigenvalue weighted by Gasteiger charge is 1.95. The van der Waals surface area contributed by atoms with Crippen LogP contribution in [0.2, 0.25) is 5.02 Å². The molecule has 0 aliphatic heterocycles. The zero-order valence-electron chi connectivity index (χ0n) is 8.14. The molecule has 0 spiro atoms. The normalized spacial score (nSPS) is 9.79. The lowest BCUT2D eigenvalue weighted by atomic mass is 10.2. The van der Waals surface area contributed by atoms with Crippen LogP contribution in [0.5, 0.6) is 0 Å². The first-order chi connectivity index (χ1) is 6.58. The minimum absolute atomic E-state index is 0.355. The van der Waals surface area contributed by atoms with Crippen LogP contribution in [0.15, 0.2) is 18.2 Å². The summed E-state index contributed by atoms with van der Waals surface area (Å²) in [6.45, 7) is 0.647. The van der Waals surface area contributed by atoms with Gasteiger partial charge >= 0.3 is 0 Å². The van der Waals surface area contributed by atoms with Crippen LogP contribution in [0.3, 0.4) is 0 Å². The van der Waals surface area contributed by atoms with E-state index < -0.39 is 0 Å². The van der Waals surface area contributed by atoms with E-state index in [1.54, 1.807) is 6.07 Å². The lowest BCUT2D eigenvalue weighted by Gasteiger charge is -2.00. The summed E-state index contributed by atoms with van der Waals surface area (Å²) in [4.78, 5) is 1.94. The van der Waals surface area contributed by atoms with E-state index in [1.807, 2.05) is 19.0 Å². The fraction of sp³-hybridized carbons (Fsp3) is 0.273. The van der Waals surface area contributed by atoms with Crippen LogP contribution < -0.4 is 0 Å². The number of nitrogens with zero attached hydrogens (tertiary/aromatic N) is 1. The lowest BCUT2D eigenvalue weighted by Crippen LogP contribution is -2.10. The Balaban J connectivity index is 2.79. The number of hydrogen-bond acceptors (Lipinski definition) is 1. The summed E-state index contributed by atoms with van der Waals surface area (Å²) < 4.78 is 12.9. The van der Waals surface area contributed by atoms with Crippen molar-refractivity contribution in [2.24, 2.45) is 0 Å². The molecule has 0 fully saturated rings. The van der Waals surface area contributed by atoms with Crippen LogP contribution in [-0.2, 0) is 0 Å². The van der Waals surface area contributed by atoms with Crippen molar-refractivity contribution in [1.82, 2.24) is 4.90 Å². The molecule has 0 saturated heterocycles. The lowest BCUT2D eigenvalue weighted by molar-refractivity contribution is 0.464. The third-order valence-electron chi connectivity index (χ3n) is 1.49. The molecule has 0 unspecified atom stereocenters. The first kappa shape index (κ1) is 11.0. The van der Waals surface area contributed by atoms with Crippen molar-refractivity contribution in [2.45, 2.75) is 0 Å². The van der Waals surface area contributed by atoms with Gasteiger partial charge in [0.25, 0.3) is 0 Å². The van der Waals surface area contributed by atoms with Crippen molar-refractivity contribution in [2.75, 3.05) is 20.6 Å². The van der Waals surface area contributed by atoms with Crippen LogP contribution >= 0.6 is 11.6 Å². The summed E-state index contributed by atoms with van der Waals surface area (Å²) in [5, 5.41) is 0.374. The second kappa shape index (κ2) is 4.99. The third-order valence-corrected chi connectivity index (χ3v) is 1.71. The van der Waals surface area contributed by atoms with Crippen LogP contribution in [0.4, 0.5) is 4.39 Å². The van der Waals surface area contributed by atoms with Gasteiger partial charge in [0.2, 0.25) is 0 Å². The van der Waals surface area contributed by atoms with Gasteiger partial charge in [0.05, 0.1) is 6.54 Å². The highest BCUT2D eigenvalue weighted by molar-refractivity contribution is 6.30. The van der Waals surface area contributed by atoms with Gasteiger partial charge in [-0.3, -0.25) is 4.90 Å². The number of rotatable bonds is 1. The summed E-state index contributed by atoms with van der Waals surface area (Å²) in [5.41, 5.74) is 0.608. The number of hydrogen-bond donors (Lipinski definition) is 0. The monoisotopic (exact) mass is 211 g/mol. The molecule has 3 heteroatoms. The maximum Gasteiger partial charge on any atom is 0.125 e. The smallest absolute Gasteiger partial charge is 0.125 e. The molecule has 0 N–H and O–H groups in total.